The molecule has 3 N–H and O–H groups in total. The fraction of sp³-hybridized carbons (Fsp3) is 0.400. The van der Waals surface area contributed by atoms with Gasteiger partial charge in [0.1, 0.15) is 0 Å². The van der Waals surface area contributed by atoms with Gasteiger partial charge in [0.05, 0.1) is 61.0 Å². The summed E-state index contributed by atoms with van der Waals surface area (Å²) in [6, 6.07) is 6.45. The number of amides is 1. The van der Waals surface area contributed by atoms with Gasteiger partial charge in [0.25, 0.3) is 0 Å². The zero-order valence-corrected chi connectivity index (χ0v) is 16.1. The van der Waals surface area contributed by atoms with Crippen LogP contribution in [0.15, 0.2) is 35.5 Å². The highest BCUT2D eigenvalue weighted by molar-refractivity contribution is 5.98. The number of hydrogen-bond acceptors (Lipinski definition) is 7. The van der Waals surface area contributed by atoms with Gasteiger partial charge in [0, 0.05) is 6.20 Å². The lowest BCUT2D eigenvalue weighted by atomic mass is 9.95. The number of rotatable bonds is 6. The lowest BCUT2D eigenvalue weighted by Crippen LogP contribution is -2.43. The summed E-state index contributed by atoms with van der Waals surface area (Å²) in [6.45, 7) is 3.38. The number of pyridine rings is 2. The van der Waals surface area contributed by atoms with E-state index in [0.717, 1.165) is 5.56 Å². The second kappa shape index (κ2) is 8.04. The molecule has 1 amide bonds. The molecule has 0 bridgehead atoms. The molecule has 1 aliphatic rings. The van der Waals surface area contributed by atoms with Gasteiger partial charge < -0.3 is 20.3 Å². The van der Waals surface area contributed by atoms with Gasteiger partial charge >= 0.3 is 0 Å². The third-order valence-electron chi connectivity index (χ3n) is 4.52. The van der Waals surface area contributed by atoms with Crippen LogP contribution in [0.3, 0.4) is 0 Å². The molecule has 2 aromatic heterocycles. The maximum atomic E-state index is 12.7. The minimum Gasteiger partial charge on any atom is -0.481 e. The number of aliphatic hydroxyl groups excluding tert-OH is 1. The highest BCUT2D eigenvalue weighted by atomic mass is 16.5. The topological polar surface area (TPSA) is 117 Å². The maximum absolute atomic E-state index is 12.7. The van der Waals surface area contributed by atoms with E-state index in [4.69, 9.17) is 4.74 Å². The standard InChI is InChI=1S/C20H24N4O4/c1-20(2,27)18(14-6-4-5-7-21-14)24-16(26)9-13-8-12-10-22-19(28-3)17(12)15(11-25)23-13/h4-8,18,25,27H,9-11H2,1-3H3,(H,24,26)/t18-/m1/s1. The summed E-state index contributed by atoms with van der Waals surface area (Å²) in [5, 5.41) is 23.0. The van der Waals surface area contributed by atoms with Crippen LogP contribution < -0.4 is 5.32 Å². The van der Waals surface area contributed by atoms with E-state index in [0.29, 0.717) is 35.1 Å². The molecule has 0 fully saturated rings. The molecule has 1 aliphatic heterocycles. The van der Waals surface area contributed by atoms with Crippen molar-refractivity contribution >= 4 is 11.8 Å². The van der Waals surface area contributed by atoms with Crippen LogP contribution in [0.25, 0.3) is 0 Å². The second-order valence-corrected chi connectivity index (χ2v) is 7.16. The number of nitrogens with zero attached hydrogens (tertiary/aromatic N) is 3. The number of fused-ring (bicyclic) bond motifs is 1. The van der Waals surface area contributed by atoms with Crippen LogP contribution in [-0.4, -0.2) is 44.7 Å². The summed E-state index contributed by atoms with van der Waals surface area (Å²) in [5.41, 5.74) is 1.87. The van der Waals surface area contributed by atoms with Crippen molar-refractivity contribution in [1.82, 2.24) is 15.3 Å². The Hall–Kier alpha value is -2.84. The van der Waals surface area contributed by atoms with Crippen molar-refractivity contribution in [2.75, 3.05) is 7.11 Å². The smallest absolute Gasteiger partial charge is 0.226 e. The van der Waals surface area contributed by atoms with Crippen molar-refractivity contribution in [3.63, 3.8) is 0 Å². The summed E-state index contributed by atoms with van der Waals surface area (Å²) < 4.78 is 5.23. The molecule has 148 valence electrons. The van der Waals surface area contributed by atoms with Crippen molar-refractivity contribution in [2.24, 2.45) is 4.99 Å². The molecule has 0 saturated heterocycles. The zero-order chi connectivity index (χ0) is 20.3. The van der Waals surface area contributed by atoms with Gasteiger partial charge in [-0.25, -0.2) is 4.99 Å². The summed E-state index contributed by atoms with van der Waals surface area (Å²) in [5.74, 6) is 0.139. The predicted octanol–water partition coefficient (Wildman–Crippen LogP) is 1.05. The highest BCUT2D eigenvalue weighted by Crippen LogP contribution is 2.25. The third kappa shape index (κ3) is 4.18. The van der Waals surface area contributed by atoms with Crippen LogP contribution >= 0.6 is 0 Å². The van der Waals surface area contributed by atoms with Crippen molar-refractivity contribution in [2.45, 2.75) is 45.1 Å². The van der Waals surface area contributed by atoms with E-state index in [1.54, 1.807) is 44.3 Å². The molecule has 0 aromatic carbocycles. The molecule has 2 aromatic rings. The van der Waals surface area contributed by atoms with Gasteiger partial charge in [-0.1, -0.05) is 6.07 Å². The van der Waals surface area contributed by atoms with E-state index < -0.39 is 11.6 Å². The number of carbonyl (C=O) groups excluding carboxylic acids is 1. The molecule has 0 saturated carbocycles. The van der Waals surface area contributed by atoms with Crippen LogP contribution in [-0.2, 0) is 29.1 Å². The second-order valence-electron chi connectivity index (χ2n) is 7.16. The van der Waals surface area contributed by atoms with Crippen LogP contribution in [0.5, 0.6) is 0 Å². The average Bonchev–Trinajstić information content (AvgIpc) is 3.08. The van der Waals surface area contributed by atoms with E-state index in [-0.39, 0.29) is 18.9 Å². The Morgan fingerprint density at radius 1 is 1.39 bits per heavy atom. The number of aliphatic imine (C=N–C) groups is 1. The number of methoxy groups -OCH3 is 1. The Morgan fingerprint density at radius 2 is 2.18 bits per heavy atom. The summed E-state index contributed by atoms with van der Waals surface area (Å²) in [6.07, 6.45) is 1.62. The number of ether oxygens (including phenoxy) is 1. The molecule has 28 heavy (non-hydrogen) atoms. The largest absolute Gasteiger partial charge is 0.481 e. The molecular formula is C20H24N4O4. The SMILES string of the molecule is COC1=NCc2cc(CC(=O)N[C@H](c3ccccn3)C(C)(C)O)nc(CO)c21. The monoisotopic (exact) mass is 384 g/mol. The first-order chi connectivity index (χ1) is 13.3. The van der Waals surface area contributed by atoms with Crippen LogP contribution in [0, 0.1) is 0 Å². The number of aromatic nitrogens is 2. The first kappa shape index (κ1) is 19.9. The van der Waals surface area contributed by atoms with Crippen LogP contribution in [0.2, 0.25) is 0 Å². The number of hydrogen-bond donors (Lipinski definition) is 3. The molecule has 3 rings (SSSR count). The lowest BCUT2D eigenvalue weighted by Gasteiger charge is -2.29. The fourth-order valence-corrected chi connectivity index (χ4v) is 3.25. The highest BCUT2D eigenvalue weighted by Gasteiger charge is 2.31. The Bertz CT molecular complexity index is 891. The van der Waals surface area contributed by atoms with Gasteiger partial charge in [-0.05, 0) is 37.6 Å². The molecule has 8 heteroatoms. The molecule has 3 heterocycles. The summed E-state index contributed by atoms with van der Waals surface area (Å²) >= 11 is 0. The predicted molar refractivity (Wildman–Crippen MR) is 103 cm³/mol. The molecule has 0 aliphatic carbocycles. The Morgan fingerprint density at radius 3 is 2.79 bits per heavy atom. The zero-order valence-electron chi connectivity index (χ0n) is 16.1. The Kier molecular flexibility index (Phi) is 5.71. The van der Waals surface area contributed by atoms with Gasteiger partial charge in [-0.2, -0.15) is 0 Å². The van der Waals surface area contributed by atoms with Gasteiger partial charge in [-0.15, -0.1) is 0 Å². The summed E-state index contributed by atoms with van der Waals surface area (Å²) in [4.78, 5) is 25.6. The van der Waals surface area contributed by atoms with E-state index in [2.05, 4.69) is 20.3 Å². The van der Waals surface area contributed by atoms with E-state index in [1.807, 2.05) is 0 Å². The average molecular weight is 384 g/mol. The third-order valence-corrected chi connectivity index (χ3v) is 4.52. The quantitative estimate of drug-likeness (QED) is 0.685. The first-order valence-electron chi connectivity index (χ1n) is 8.97. The lowest BCUT2D eigenvalue weighted by molar-refractivity contribution is -0.123. The van der Waals surface area contributed by atoms with Gasteiger partial charge in [0.2, 0.25) is 11.8 Å². The van der Waals surface area contributed by atoms with Crippen molar-refractivity contribution in [3.8, 4) is 0 Å². The molecule has 0 unspecified atom stereocenters. The minimum atomic E-state index is -1.20. The molecule has 1 atom stereocenters. The number of nitrogens with one attached hydrogen (secondary N) is 1. The molecule has 8 nitrogen and oxygen atoms in total. The van der Waals surface area contributed by atoms with E-state index in [1.165, 1.54) is 7.11 Å². The van der Waals surface area contributed by atoms with Crippen molar-refractivity contribution in [3.05, 3.63) is 58.7 Å². The normalized spacial score (nSPS) is 14.2. The van der Waals surface area contributed by atoms with Crippen molar-refractivity contribution < 1.29 is 19.7 Å². The van der Waals surface area contributed by atoms with E-state index in [9.17, 15) is 15.0 Å². The van der Waals surface area contributed by atoms with Crippen molar-refractivity contribution in [1.29, 1.82) is 0 Å². The minimum absolute atomic E-state index is 0.00199. The van der Waals surface area contributed by atoms with Gasteiger partial charge in [-0.3, -0.25) is 14.8 Å². The number of aliphatic hydroxyl groups is 2. The Balaban J connectivity index is 1.80. The van der Waals surface area contributed by atoms with Crippen LogP contribution in [0.1, 0.15) is 48.1 Å². The molecule has 0 radical (unpaired) electrons. The summed E-state index contributed by atoms with van der Waals surface area (Å²) in [7, 11) is 1.52. The van der Waals surface area contributed by atoms with Gasteiger partial charge in [0.15, 0.2) is 0 Å². The molecule has 0 spiro atoms. The Labute approximate surface area is 163 Å². The maximum Gasteiger partial charge on any atom is 0.226 e. The number of carbonyl (C=O) groups is 1. The first-order valence-corrected chi connectivity index (χ1v) is 8.97. The fourth-order valence-electron chi connectivity index (χ4n) is 3.25. The van der Waals surface area contributed by atoms with Crippen LogP contribution in [0.4, 0.5) is 0 Å². The van der Waals surface area contributed by atoms with E-state index >= 15 is 0 Å². The molecular weight excluding hydrogens is 360 g/mol.